The highest BCUT2D eigenvalue weighted by atomic mass is 16.5. The van der Waals surface area contributed by atoms with Crippen molar-refractivity contribution in [2.75, 3.05) is 12.4 Å². The van der Waals surface area contributed by atoms with Gasteiger partial charge in [0.05, 0.1) is 23.8 Å². The summed E-state index contributed by atoms with van der Waals surface area (Å²) in [6.45, 7) is 0. The van der Waals surface area contributed by atoms with Gasteiger partial charge in [-0.05, 0) is 42.0 Å². The van der Waals surface area contributed by atoms with E-state index in [1.807, 2.05) is 30.3 Å². The Labute approximate surface area is 184 Å². The van der Waals surface area contributed by atoms with E-state index in [1.165, 1.54) is 19.2 Å². The van der Waals surface area contributed by atoms with E-state index in [2.05, 4.69) is 10.1 Å². The molecular formula is C25H20N2O5. The summed E-state index contributed by atoms with van der Waals surface area (Å²) in [7, 11) is 1.29. The summed E-state index contributed by atoms with van der Waals surface area (Å²) in [5.74, 6) is -1.99. The lowest BCUT2D eigenvalue weighted by Gasteiger charge is -2.25. The van der Waals surface area contributed by atoms with Crippen molar-refractivity contribution in [1.82, 2.24) is 4.90 Å². The van der Waals surface area contributed by atoms with Gasteiger partial charge in [0.15, 0.2) is 0 Å². The molecule has 0 aromatic heterocycles. The third kappa shape index (κ3) is 4.00. The number of rotatable bonds is 6. The molecule has 1 atom stereocenters. The van der Waals surface area contributed by atoms with E-state index in [9.17, 15) is 19.2 Å². The first-order chi connectivity index (χ1) is 15.5. The van der Waals surface area contributed by atoms with Crippen LogP contribution >= 0.6 is 0 Å². The normalized spacial score (nSPS) is 13.5. The van der Waals surface area contributed by atoms with Crippen LogP contribution < -0.4 is 5.32 Å². The SMILES string of the molecule is COC(=O)c1ccc(NC(=O)[C@@H](Cc2ccccc2)N2C(=O)c3ccccc3C2=O)cc1. The molecule has 7 nitrogen and oxygen atoms in total. The van der Waals surface area contributed by atoms with Gasteiger partial charge in [0.25, 0.3) is 11.8 Å². The second-order valence-corrected chi connectivity index (χ2v) is 7.29. The number of benzene rings is 3. The van der Waals surface area contributed by atoms with Crippen molar-refractivity contribution in [3.8, 4) is 0 Å². The van der Waals surface area contributed by atoms with Gasteiger partial charge in [-0.25, -0.2) is 4.79 Å². The smallest absolute Gasteiger partial charge is 0.337 e. The van der Waals surface area contributed by atoms with Crippen LogP contribution in [0.15, 0.2) is 78.9 Å². The van der Waals surface area contributed by atoms with Gasteiger partial charge in [0, 0.05) is 12.1 Å². The maximum absolute atomic E-state index is 13.3. The summed E-state index contributed by atoms with van der Waals surface area (Å²) in [4.78, 5) is 52.0. The summed E-state index contributed by atoms with van der Waals surface area (Å²) in [5.41, 5.74) is 2.14. The first-order valence-electron chi connectivity index (χ1n) is 9.99. The number of methoxy groups -OCH3 is 1. The molecule has 0 saturated heterocycles. The number of imide groups is 1. The number of carbonyl (C=O) groups excluding carboxylic acids is 4. The van der Waals surface area contributed by atoms with Crippen LogP contribution in [0.2, 0.25) is 0 Å². The summed E-state index contributed by atoms with van der Waals surface area (Å²) in [6, 6.07) is 20.8. The van der Waals surface area contributed by atoms with Gasteiger partial charge in [-0.1, -0.05) is 42.5 Å². The maximum atomic E-state index is 13.3. The molecule has 0 radical (unpaired) electrons. The highest BCUT2D eigenvalue weighted by Gasteiger charge is 2.42. The molecule has 1 N–H and O–H groups in total. The number of anilines is 1. The number of hydrogen-bond donors (Lipinski definition) is 1. The lowest BCUT2D eigenvalue weighted by molar-refractivity contribution is -0.119. The molecule has 1 aliphatic rings. The molecule has 0 saturated carbocycles. The predicted octanol–water partition coefficient (Wildman–Crippen LogP) is 3.32. The lowest BCUT2D eigenvalue weighted by Crippen LogP contribution is -2.48. The molecule has 7 heteroatoms. The van der Waals surface area contributed by atoms with E-state index in [-0.39, 0.29) is 17.5 Å². The van der Waals surface area contributed by atoms with Crippen molar-refractivity contribution in [3.63, 3.8) is 0 Å². The summed E-state index contributed by atoms with van der Waals surface area (Å²) < 4.78 is 4.68. The number of hydrogen-bond acceptors (Lipinski definition) is 5. The first-order valence-corrected chi connectivity index (χ1v) is 9.99. The van der Waals surface area contributed by atoms with Crippen molar-refractivity contribution in [2.24, 2.45) is 0 Å². The zero-order valence-electron chi connectivity index (χ0n) is 17.3. The van der Waals surface area contributed by atoms with Crippen LogP contribution in [-0.4, -0.2) is 41.7 Å². The fraction of sp³-hybridized carbons (Fsp3) is 0.120. The molecule has 32 heavy (non-hydrogen) atoms. The molecule has 3 aromatic carbocycles. The second-order valence-electron chi connectivity index (χ2n) is 7.29. The Hall–Kier alpha value is -4.26. The molecule has 1 aliphatic heterocycles. The van der Waals surface area contributed by atoms with Crippen LogP contribution in [0.1, 0.15) is 36.6 Å². The lowest BCUT2D eigenvalue weighted by atomic mass is 10.0. The number of ether oxygens (including phenoxy) is 1. The molecule has 0 bridgehead atoms. The molecule has 3 amide bonds. The highest BCUT2D eigenvalue weighted by molar-refractivity contribution is 6.23. The Balaban J connectivity index is 1.63. The van der Waals surface area contributed by atoms with Crippen molar-refractivity contribution < 1.29 is 23.9 Å². The Morgan fingerprint density at radius 1 is 0.844 bits per heavy atom. The average molecular weight is 428 g/mol. The van der Waals surface area contributed by atoms with E-state index < -0.39 is 29.7 Å². The molecule has 4 rings (SSSR count). The zero-order valence-corrected chi connectivity index (χ0v) is 17.3. The number of nitrogens with zero attached hydrogens (tertiary/aromatic N) is 1. The van der Waals surface area contributed by atoms with Gasteiger partial charge >= 0.3 is 5.97 Å². The number of amides is 3. The molecule has 0 fully saturated rings. The monoisotopic (exact) mass is 428 g/mol. The molecule has 0 aliphatic carbocycles. The minimum atomic E-state index is -1.05. The van der Waals surface area contributed by atoms with Gasteiger partial charge in [-0.2, -0.15) is 0 Å². The Morgan fingerprint density at radius 2 is 1.41 bits per heavy atom. The minimum Gasteiger partial charge on any atom is -0.465 e. The topological polar surface area (TPSA) is 92.8 Å². The Bertz CT molecular complexity index is 1150. The van der Waals surface area contributed by atoms with Crippen LogP contribution in [0.25, 0.3) is 0 Å². The number of fused-ring (bicyclic) bond motifs is 1. The van der Waals surface area contributed by atoms with Crippen molar-refractivity contribution >= 4 is 29.4 Å². The van der Waals surface area contributed by atoms with E-state index in [0.29, 0.717) is 11.3 Å². The zero-order chi connectivity index (χ0) is 22.7. The number of nitrogens with one attached hydrogen (secondary N) is 1. The van der Waals surface area contributed by atoms with Crippen molar-refractivity contribution in [3.05, 3.63) is 101 Å². The van der Waals surface area contributed by atoms with Gasteiger partial charge < -0.3 is 10.1 Å². The standard InChI is InChI=1S/C25H20N2O5/c1-32-25(31)17-11-13-18(14-12-17)26-22(28)21(15-16-7-3-2-4-8-16)27-23(29)19-9-5-6-10-20(19)24(27)30/h2-14,21H,15H2,1H3,(H,26,28)/t21-/m1/s1. The predicted molar refractivity (Wildman–Crippen MR) is 117 cm³/mol. The third-order valence-electron chi connectivity index (χ3n) is 5.29. The van der Waals surface area contributed by atoms with E-state index in [1.54, 1.807) is 36.4 Å². The second kappa shape index (κ2) is 8.85. The Morgan fingerprint density at radius 3 is 1.97 bits per heavy atom. The fourth-order valence-corrected chi connectivity index (χ4v) is 3.66. The molecule has 0 unspecified atom stereocenters. The van der Waals surface area contributed by atoms with E-state index in [4.69, 9.17) is 0 Å². The van der Waals surface area contributed by atoms with Crippen LogP contribution in [0, 0.1) is 0 Å². The van der Waals surface area contributed by atoms with Gasteiger partial charge in [-0.3, -0.25) is 19.3 Å². The molecule has 3 aromatic rings. The quantitative estimate of drug-likeness (QED) is 0.480. The Kier molecular flexibility index (Phi) is 5.81. The fourth-order valence-electron chi connectivity index (χ4n) is 3.66. The van der Waals surface area contributed by atoms with Gasteiger partial charge in [-0.15, -0.1) is 0 Å². The number of carbonyl (C=O) groups is 4. The van der Waals surface area contributed by atoms with Crippen molar-refractivity contribution in [2.45, 2.75) is 12.5 Å². The molecular weight excluding hydrogens is 408 g/mol. The van der Waals surface area contributed by atoms with Crippen LogP contribution in [0.3, 0.4) is 0 Å². The summed E-state index contributed by atoms with van der Waals surface area (Å²) in [6.07, 6.45) is 0.165. The molecule has 1 heterocycles. The van der Waals surface area contributed by atoms with Crippen LogP contribution in [0.4, 0.5) is 5.69 Å². The summed E-state index contributed by atoms with van der Waals surface area (Å²) in [5, 5.41) is 2.75. The van der Waals surface area contributed by atoms with Gasteiger partial charge in [0.2, 0.25) is 5.91 Å². The maximum Gasteiger partial charge on any atom is 0.337 e. The highest BCUT2D eigenvalue weighted by Crippen LogP contribution is 2.26. The average Bonchev–Trinajstić information content (AvgIpc) is 3.08. The largest absolute Gasteiger partial charge is 0.465 e. The van der Waals surface area contributed by atoms with Crippen molar-refractivity contribution in [1.29, 1.82) is 0 Å². The minimum absolute atomic E-state index is 0.165. The molecule has 0 spiro atoms. The van der Waals surface area contributed by atoms with Gasteiger partial charge in [0.1, 0.15) is 6.04 Å². The number of esters is 1. The van der Waals surface area contributed by atoms with Crippen LogP contribution in [0.5, 0.6) is 0 Å². The van der Waals surface area contributed by atoms with E-state index >= 15 is 0 Å². The third-order valence-corrected chi connectivity index (χ3v) is 5.29. The van der Waals surface area contributed by atoms with E-state index in [0.717, 1.165) is 10.5 Å². The first kappa shape index (κ1) is 21.0. The van der Waals surface area contributed by atoms with Crippen LogP contribution in [-0.2, 0) is 16.0 Å². The molecule has 160 valence electrons. The summed E-state index contributed by atoms with van der Waals surface area (Å²) >= 11 is 0.